The Morgan fingerprint density at radius 3 is 2.72 bits per heavy atom. The molecule has 3 aromatic rings. The Morgan fingerprint density at radius 1 is 1.16 bits per heavy atom. The SMILES string of the molecule is COCCN1C[C@@H](CC(=O)Cc2c(C)c(OCC3CN(C(C)=O)CCO3)nn2-c2ccccc2)[C@H](c2ccnc(F)c2)O1. The Morgan fingerprint density at radius 2 is 1.98 bits per heavy atom. The van der Waals surface area contributed by atoms with Crippen molar-refractivity contribution >= 4 is 11.7 Å². The first-order valence-corrected chi connectivity index (χ1v) is 14.5. The third kappa shape index (κ3) is 7.63. The molecule has 2 fully saturated rings. The van der Waals surface area contributed by atoms with E-state index in [4.69, 9.17) is 24.1 Å². The van der Waals surface area contributed by atoms with Crippen LogP contribution in [0.15, 0.2) is 48.7 Å². The summed E-state index contributed by atoms with van der Waals surface area (Å²) in [4.78, 5) is 37.0. The van der Waals surface area contributed by atoms with Crippen LogP contribution in [0.25, 0.3) is 5.69 Å². The highest BCUT2D eigenvalue weighted by Gasteiger charge is 2.37. The predicted molar refractivity (Wildman–Crippen MR) is 154 cm³/mol. The summed E-state index contributed by atoms with van der Waals surface area (Å²) in [6, 6.07) is 12.7. The maximum Gasteiger partial charge on any atom is 0.236 e. The highest BCUT2D eigenvalue weighted by molar-refractivity contribution is 5.81. The van der Waals surface area contributed by atoms with Gasteiger partial charge in [0, 0.05) is 64.2 Å². The number of amides is 1. The number of para-hydroxylation sites is 1. The Balaban J connectivity index is 1.33. The summed E-state index contributed by atoms with van der Waals surface area (Å²) in [5.41, 5.74) is 2.93. The molecule has 11 nitrogen and oxygen atoms in total. The van der Waals surface area contributed by atoms with Gasteiger partial charge in [-0.25, -0.2) is 9.67 Å². The van der Waals surface area contributed by atoms with Gasteiger partial charge in [-0.05, 0) is 36.8 Å². The van der Waals surface area contributed by atoms with Crippen molar-refractivity contribution in [2.75, 3.05) is 53.1 Å². The van der Waals surface area contributed by atoms with Crippen LogP contribution >= 0.6 is 0 Å². The minimum atomic E-state index is -0.593. The van der Waals surface area contributed by atoms with E-state index in [2.05, 4.69) is 4.98 Å². The first-order chi connectivity index (χ1) is 20.8. The van der Waals surface area contributed by atoms with Crippen LogP contribution in [0, 0.1) is 18.8 Å². The lowest BCUT2D eigenvalue weighted by atomic mass is 9.91. The fourth-order valence-corrected chi connectivity index (χ4v) is 5.55. The molecule has 0 N–H and O–H groups in total. The van der Waals surface area contributed by atoms with Crippen molar-refractivity contribution in [3.63, 3.8) is 0 Å². The standard InChI is InChI=1S/C31H38FN5O6/c1-21-28(17-26(39)15-24-18-36(12-13-40-3)43-30(24)23-9-10-33-29(32)16-23)37(25-7-5-4-6-8-25)34-31(21)42-20-27-19-35(22(2)38)11-14-41-27/h4-10,16,24,27,30H,11-15,17-20H2,1-3H3/t24-,27?,30+/m1/s1. The highest BCUT2D eigenvalue weighted by atomic mass is 19.1. The van der Waals surface area contributed by atoms with E-state index < -0.39 is 12.1 Å². The molecule has 2 aromatic heterocycles. The van der Waals surface area contributed by atoms with E-state index in [9.17, 15) is 14.0 Å². The maximum atomic E-state index is 14.0. The van der Waals surface area contributed by atoms with Gasteiger partial charge in [-0.1, -0.05) is 18.2 Å². The van der Waals surface area contributed by atoms with Gasteiger partial charge < -0.3 is 19.1 Å². The zero-order valence-corrected chi connectivity index (χ0v) is 24.8. The number of carbonyl (C=O) groups excluding carboxylic acids is 2. The van der Waals surface area contributed by atoms with Gasteiger partial charge in [-0.3, -0.25) is 14.4 Å². The molecule has 12 heteroatoms. The monoisotopic (exact) mass is 595 g/mol. The third-order valence-electron chi connectivity index (χ3n) is 7.80. The van der Waals surface area contributed by atoms with Gasteiger partial charge in [0.25, 0.3) is 0 Å². The minimum absolute atomic E-state index is 0.00108. The number of nitrogens with zero attached hydrogens (tertiary/aromatic N) is 5. The lowest BCUT2D eigenvalue weighted by Gasteiger charge is -2.31. The Hall–Kier alpha value is -3.71. The Kier molecular flexibility index (Phi) is 10.1. The smallest absolute Gasteiger partial charge is 0.236 e. The minimum Gasteiger partial charge on any atom is -0.474 e. The van der Waals surface area contributed by atoms with E-state index in [1.807, 2.05) is 37.3 Å². The molecule has 4 heterocycles. The number of hydrogen-bond acceptors (Lipinski definition) is 9. The molecular formula is C31H38FN5O6. The summed E-state index contributed by atoms with van der Waals surface area (Å²) >= 11 is 0. The Labute approximate surface area is 250 Å². The van der Waals surface area contributed by atoms with E-state index in [1.165, 1.54) is 12.3 Å². The molecule has 1 aromatic carbocycles. The van der Waals surface area contributed by atoms with E-state index in [-0.39, 0.29) is 43.2 Å². The normalized spacial score (nSPS) is 20.8. The summed E-state index contributed by atoms with van der Waals surface area (Å²) < 4.78 is 32.8. The maximum absolute atomic E-state index is 14.0. The van der Waals surface area contributed by atoms with Crippen molar-refractivity contribution in [1.29, 1.82) is 0 Å². The molecule has 2 saturated heterocycles. The summed E-state index contributed by atoms with van der Waals surface area (Å²) in [5, 5.41) is 6.51. The highest BCUT2D eigenvalue weighted by Crippen LogP contribution is 2.37. The van der Waals surface area contributed by atoms with Crippen LogP contribution in [-0.4, -0.2) is 95.6 Å². The average Bonchev–Trinajstić information content (AvgIpc) is 3.55. The number of ether oxygens (including phenoxy) is 3. The topological polar surface area (TPSA) is 108 Å². The molecule has 0 saturated carbocycles. The average molecular weight is 596 g/mol. The number of aromatic nitrogens is 3. The first kappa shape index (κ1) is 30.7. The molecule has 1 unspecified atom stereocenters. The van der Waals surface area contributed by atoms with Crippen LogP contribution in [0.4, 0.5) is 4.39 Å². The lowest BCUT2D eigenvalue weighted by Crippen LogP contribution is -2.46. The quantitative estimate of drug-likeness (QED) is 0.292. The van der Waals surface area contributed by atoms with Crippen LogP contribution in [-0.2, 0) is 30.3 Å². The molecule has 1 amide bonds. The number of benzene rings is 1. The van der Waals surface area contributed by atoms with Gasteiger partial charge in [-0.15, -0.1) is 5.10 Å². The number of Topliss-reactive ketones (excluding diaryl/α,β-unsaturated/α-hetero) is 1. The second-order valence-electron chi connectivity index (χ2n) is 10.9. The number of pyridine rings is 1. The van der Waals surface area contributed by atoms with Gasteiger partial charge in [0.1, 0.15) is 24.6 Å². The van der Waals surface area contributed by atoms with Crippen LogP contribution in [0.5, 0.6) is 5.88 Å². The number of carbonyl (C=O) groups is 2. The fraction of sp³-hybridized carbons (Fsp3) is 0.484. The van der Waals surface area contributed by atoms with Gasteiger partial charge in [0.15, 0.2) is 0 Å². The molecule has 43 heavy (non-hydrogen) atoms. The van der Waals surface area contributed by atoms with Gasteiger partial charge in [-0.2, -0.15) is 9.45 Å². The molecular weight excluding hydrogens is 557 g/mol. The molecule has 0 bridgehead atoms. The number of halogens is 1. The number of hydroxylamine groups is 2. The van der Waals surface area contributed by atoms with Crippen LogP contribution < -0.4 is 4.74 Å². The lowest BCUT2D eigenvalue weighted by molar-refractivity contribution is -0.155. The summed E-state index contributed by atoms with van der Waals surface area (Å²) in [7, 11) is 1.62. The van der Waals surface area contributed by atoms with Crippen molar-refractivity contribution in [2.45, 2.75) is 38.9 Å². The number of hydrogen-bond donors (Lipinski definition) is 0. The van der Waals surface area contributed by atoms with Crippen molar-refractivity contribution in [1.82, 2.24) is 24.7 Å². The molecule has 230 valence electrons. The van der Waals surface area contributed by atoms with Crippen LogP contribution in [0.1, 0.15) is 36.3 Å². The molecule has 3 atom stereocenters. The van der Waals surface area contributed by atoms with E-state index in [1.54, 1.807) is 34.7 Å². The van der Waals surface area contributed by atoms with E-state index >= 15 is 0 Å². The molecule has 2 aliphatic heterocycles. The van der Waals surface area contributed by atoms with Gasteiger partial charge in [0.05, 0.1) is 31.1 Å². The number of rotatable bonds is 12. The van der Waals surface area contributed by atoms with E-state index in [0.29, 0.717) is 50.8 Å². The first-order valence-electron chi connectivity index (χ1n) is 14.5. The van der Waals surface area contributed by atoms with Gasteiger partial charge >= 0.3 is 0 Å². The molecule has 0 aliphatic carbocycles. The van der Waals surface area contributed by atoms with Crippen LogP contribution in [0.3, 0.4) is 0 Å². The van der Waals surface area contributed by atoms with Crippen molar-refractivity contribution in [3.05, 3.63) is 71.4 Å². The summed E-state index contributed by atoms with van der Waals surface area (Å²) in [6.45, 7) is 6.63. The predicted octanol–water partition coefficient (Wildman–Crippen LogP) is 3.09. The molecule has 0 spiro atoms. The molecule has 5 rings (SSSR count). The summed E-state index contributed by atoms with van der Waals surface area (Å²) in [6.07, 6.45) is 1.00. The van der Waals surface area contributed by atoms with Gasteiger partial charge in [0.2, 0.25) is 17.7 Å². The van der Waals surface area contributed by atoms with Crippen molar-refractivity contribution in [3.8, 4) is 11.6 Å². The third-order valence-corrected chi connectivity index (χ3v) is 7.80. The number of ketones is 1. The molecule has 0 radical (unpaired) electrons. The Bertz CT molecular complexity index is 1400. The number of morpholine rings is 1. The largest absolute Gasteiger partial charge is 0.474 e. The van der Waals surface area contributed by atoms with Crippen molar-refractivity contribution < 1.29 is 33.0 Å². The number of methoxy groups -OCH3 is 1. The zero-order valence-electron chi connectivity index (χ0n) is 24.8. The summed E-state index contributed by atoms with van der Waals surface area (Å²) in [5.74, 6) is -0.368. The van der Waals surface area contributed by atoms with E-state index in [0.717, 1.165) is 16.9 Å². The molecule has 2 aliphatic rings. The zero-order chi connectivity index (χ0) is 30.3. The van der Waals surface area contributed by atoms with Crippen LogP contribution in [0.2, 0.25) is 0 Å². The fourth-order valence-electron chi connectivity index (χ4n) is 5.55. The van der Waals surface area contributed by atoms with Crippen molar-refractivity contribution in [2.24, 2.45) is 5.92 Å². The second-order valence-corrected chi connectivity index (χ2v) is 10.9. The second kappa shape index (κ2) is 14.2.